The molecule has 0 unspecified atom stereocenters. The van der Waals surface area contributed by atoms with Gasteiger partial charge in [-0.15, -0.1) is 0 Å². The number of alkyl halides is 1. The van der Waals surface area contributed by atoms with Gasteiger partial charge in [0.2, 0.25) is 0 Å². The highest BCUT2D eigenvalue weighted by Crippen LogP contribution is 2.19. The van der Waals surface area contributed by atoms with Crippen molar-refractivity contribution in [3.63, 3.8) is 0 Å². The lowest BCUT2D eigenvalue weighted by Gasteiger charge is -2.22. The number of carbonyl (C=O) groups excluding carboxylic acids is 1. The largest absolute Gasteiger partial charge is 0.454 e. The molecule has 114 valence electrons. The van der Waals surface area contributed by atoms with Crippen molar-refractivity contribution in [1.82, 2.24) is 4.90 Å². The van der Waals surface area contributed by atoms with E-state index < -0.39 is 23.2 Å². The van der Waals surface area contributed by atoms with E-state index in [1.165, 1.54) is 24.3 Å². The fourth-order valence-electron chi connectivity index (χ4n) is 2.29. The molecule has 1 heterocycles. The van der Waals surface area contributed by atoms with E-state index in [-0.39, 0.29) is 11.3 Å². The number of hydrogen-bond acceptors (Lipinski definition) is 5. The number of nitro benzene ring substituents is 1. The number of likely N-dealkylation sites (N-methyl/N-ethyl adjacent to an activating group) is 1. The number of hydrogen-bond donors (Lipinski definition) is 0. The standard InChI is InChI=1S/C14H17FN2O4/c1-16-8-2-3-12(15)13(9-16)21-14(18)10-4-6-11(7-5-10)17(19)20/h4-7,12-13H,2-3,8-9H2,1H3/t12-,13+/m1/s1. The van der Waals surface area contributed by atoms with Gasteiger partial charge in [0, 0.05) is 18.7 Å². The van der Waals surface area contributed by atoms with E-state index in [0.717, 1.165) is 13.0 Å². The van der Waals surface area contributed by atoms with Gasteiger partial charge in [0.1, 0.15) is 12.3 Å². The third-order valence-electron chi connectivity index (χ3n) is 3.49. The fourth-order valence-corrected chi connectivity index (χ4v) is 2.29. The van der Waals surface area contributed by atoms with Gasteiger partial charge in [-0.1, -0.05) is 0 Å². The molecule has 0 aliphatic carbocycles. The maximum Gasteiger partial charge on any atom is 0.338 e. The minimum atomic E-state index is -1.18. The second-order valence-electron chi connectivity index (χ2n) is 5.17. The zero-order chi connectivity index (χ0) is 15.4. The molecule has 0 aromatic heterocycles. The Labute approximate surface area is 121 Å². The van der Waals surface area contributed by atoms with Gasteiger partial charge in [-0.25, -0.2) is 9.18 Å². The molecule has 1 aromatic rings. The van der Waals surface area contributed by atoms with E-state index >= 15 is 0 Å². The van der Waals surface area contributed by atoms with Crippen molar-refractivity contribution in [3.05, 3.63) is 39.9 Å². The third kappa shape index (κ3) is 3.98. The molecule has 1 saturated heterocycles. The zero-order valence-electron chi connectivity index (χ0n) is 11.7. The Bertz CT molecular complexity index is 520. The molecule has 0 N–H and O–H groups in total. The van der Waals surface area contributed by atoms with Crippen LogP contribution in [0.15, 0.2) is 24.3 Å². The minimum absolute atomic E-state index is 0.107. The van der Waals surface area contributed by atoms with Crippen molar-refractivity contribution in [3.8, 4) is 0 Å². The first-order valence-electron chi connectivity index (χ1n) is 6.75. The average molecular weight is 296 g/mol. The summed E-state index contributed by atoms with van der Waals surface area (Å²) in [7, 11) is 1.85. The molecule has 1 aromatic carbocycles. The number of nitrogens with zero attached hydrogens (tertiary/aromatic N) is 2. The van der Waals surface area contributed by atoms with E-state index in [9.17, 15) is 19.3 Å². The van der Waals surface area contributed by atoms with Crippen LogP contribution in [0.1, 0.15) is 23.2 Å². The highest BCUT2D eigenvalue weighted by molar-refractivity contribution is 5.89. The Morgan fingerprint density at radius 3 is 2.71 bits per heavy atom. The number of benzene rings is 1. The first kappa shape index (κ1) is 15.4. The summed E-state index contributed by atoms with van der Waals surface area (Å²) in [6.45, 7) is 1.12. The first-order chi connectivity index (χ1) is 9.97. The number of likely N-dealkylation sites (tertiary alicyclic amines) is 1. The van der Waals surface area contributed by atoms with E-state index in [4.69, 9.17) is 4.74 Å². The summed E-state index contributed by atoms with van der Waals surface area (Å²) in [6, 6.07) is 5.08. The van der Waals surface area contributed by atoms with Crippen LogP contribution in [0.25, 0.3) is 0 Å². The van der Waals surface area contributed by atoms with Crippen molar-refractivity contribution in [1.29, 1.82) is 0 Å². The van der Waals surface area contributed by atoms with Crippen LogP contribution < -0.4 is 0 Å². The van der Waals surface area contributed by atoms with E-state index in [1.54, 1.807) is 0 Å². The lowest BCUT2D eigenvalue weighted by atomic mass is 10.1. The minimum Gasteiger partial charge on any atom is -0.454 e. The summed E-state index contributed by atoms with van der Waals surface area (Å²) in [5.41, 5.74) is 0.0730. The predicted octanol–water partition coefficient (Wildman–Crippen LogP) is 2.18. The molecule has 0 bridgehead atoms. The van der Waals surface area contributed by atoms with E-state index in [0.29, 0.717) is 13.0 Å². The molecular weight excluding hydrogens is 279 g/mol. The van der Waals surface area contributed by atoms with Crippen molar-refractivity contribution < 1.29 is 18.8 Å². The third-order valence-corrected chi connectivity index (χ3v) is 3.49. The summed E-state index contributed by atoms with van der Waals surface area (Å²) in [6.07, 6.45) is -0.900. The van der Waals surface area contributed by atoms with Crippen molar-refractivity contribution >= 4 is 11.7 Å². The Morgan fingerprint density at radius 2 is 2.10 bits per heavy atom. The number of halogens is 1. The molecule has 2 rings (SSSR count). The molecule has 2 atom stereocenters. The zero-order valence-corrected chi connectivity index (χ0v) is 11.7. The fraction of sp³-hybridized carbons (Fsp3) is 0.500. The maximum absolute atomic E-state index is 13.9. The van der Waals surface area contributed by atoms with Crippen molar-refractivity contribution in [2.45, 2.75) is 25.1 Å². The Balaban J connectivity index is 2.04. The summed E-state index contributed by atoms with van der Waals surface area (Å²) in [5, 5.41) is 10.6. The van der Waals surface area contributed by atoms with Gasteiger partial charge in [0.25, 0.3) is 5.69 Å². The normalized spacial score (nSPS) is 23.3. The molecule has 1 fully saturated rings. The lowest BCUT2D eigenvalue weighted by molar-refractivity contribution is -0.384. The van der Waals surface area contributed by atoms with Crippen LogP contribution in [0, 0.1) is 10.1 Å². The van der Waals surface area contributed by atoms with E-state index in [2.05, 4.69) is 0 Å². The van der Waals surface area contributed by atoms with Crippen molar-refractivity contribution in [2.75, 3.05) is 20.1 Å². The number of ether oxygens (including phenoxy) is 1. The second-order valence-corrected chi connectivity index (χ2v) is 5.17. The second kappa shape index (κ2) is 6.62. The number of carbonyl (C=O) groups is 1. The molecule has 1 aliphatic heterocycles. The van der Waals surface area contributed by atoms with Gasteiger partial charge < -0.3 is 9.64 Å². The number of rotatable bonds is 3. The molecule has 0 spiro atoms. The summed E-state index contributed by atoms with van der Waals surface area (Å²) in [4.78, 5) is 23.9. The smallest absolute Gasteiger partial charge is 0.338 e. The SMILES string of the molecule is CN1CCC[C@@H](F)[C@@H](OC(=O)c2ccc([N+](=O)[O-])cc2)C1. The molecule has 6 nitrogen and oxygen atoms in total. The van der Waals surface area contributed by atoms with Gasteiger partial charge in [-0.2, -0.15) is 0 Å². The summed E-state index contributed by atoms with van der Waals surface area (Å²) >= 11 is 0. The van der Waals surface area contributed by atoms with Crippen LogP contribution in [-0.4, -0.2) is 48.2 Å². The molecular formula is C14H17FN2O4. The predicted molar refractivity (Wildman–Crippen MR) is 73.9 cm³/mol. The highest BCUT2D eigenvalue weighted by Gasteiger charge is 2.29. The number of esters is 1. The summed E-state index contributed by atoms with van der Waals surface area (Å²) in [5.74, 6) is -0.659. The number of nitro groups is 1. The first-order valence-corrected chi connectivity index (χ1v) is 6.75. The van der Waals surface area contributed by atoms with Crippen LogP contribution in [0.5, 0.6) is 0 Å². The lowest BCUT2D eigenvalue weighted by Crippen LogP contribution is -2.36. The molecule has 21 heavy (non-hydrogen) atoms. The quantitative estimate of drug-likeness (QED) is 0.485. The monoisotopic (exact) mass is 296 g/mol. The van der Waals surface area contributed by atoms with Gasteiger partial charge >= 0.3 is 5.97 Å². The Morgan fingerprint density at radius 1 is 1.43 bits per heavy atom. The van der Waals surface area contributed by atoms with Crippen LogP contribution in [0.3, 0.4) is 0 Å². The van der Waals surface area contributed by atoms with Crippen LogP contribution >= 0.6 is 0 Å². The van der Waals surface area contributed by atoms with Gasteiger partial charge in [-0.3, -0.25) is 10.1 Å². The molecule has 0 amide bonds. The van der Waals surface area contributed by atoms with E-state index in [1.807, 2.05) is 11.9 Å². The van der Waals surface area contributed by atoms with Crippen molar-refractivity contribution in [2.24, 2.45) is 0 Å². The highest BCUT2D eigenvalue weighted by atomic mass is 19.1. The molecule has 1 aliphatic rings. The molecule has 7 heteroatoms. The van der Waals surface area contributed by atoms with Crippen LogP contribution in [-0.2, 0) is 4.74 Å². The van der Waals surface area contributed by atoms with Gasteiger partial charge in [0.15, 0.2) is 0 Å². The van der Waals surface area contributed by atoms with Gasteiger partial charge in [0.05, 0.1) is 10.5 Å². The van der Waals surface area contributed by atoms with Crippen LogP contribution in [0.2, 0.25) is 0 Å². The topological polar surface area (TPSA) is 72.7 Å². The number of non-ortho nitro benzene ring substituents is 1. The maximum atomic E-state index is 13.9. The molecule has 0 saturated carbocycles. The summed E-state index contributed by atoms with van der Waals surface area (Å²) < 4.78 is 19.1. The van der Waals surface area contributed by atoms with Crippen LogP contribution in [0.4, 0.5) is 10.1 Å². The average Bonchev–Trinajstić information content (AvgIpc) is 2.60. The van der Waals surface area contributed by atoms with Gasteiger partial charge in [-0.05, 0) is 38.6 Å². The Kier molecular flexibility index (Phi) is 4.85. The molecule has 0 radical (unpaired) electrons. The Hall–Kier alpha value is -2.02.